The number of hydrogen-bond donors (Lipinski definition) is 1. The molecule has 0 bridgehead atoms. The molecule has 5 nitrogen and oxygen atoms in total. The standard InChI is InChI=1S/C43H29N4O.Pt/c48-39-19-8-14-30-20-21-31-22-23-37(45-41(31)40(30)39)38-27-47(43(46-38)36-18-7-15-32-26-44-25-24-33(32)36)42-34(28-10-3-1-4-11-28)16-9-17-35(42)29-12-5-2-6-13-29;/h1-19,22-23,25-27,48H,20-21H2;/q-1;. The van der Waals surface area contributed by atoms with Crippen LogP contribution in [-0.4, -0.2) is 24.6 Å². The van der Waals surface area contributed by atoms with Gasteiger partial charge in [-0.2, -0.15) is 11.5 Å². The van der Waals surface area contributed by atoms with Crippen molar-refractivity contribution in [3.8, 4) is 67.7 Å². The molecule has 0 unspecified atom stereocenters. The third-order valence-corrected chi connectivity index (χ3v) is 9.26. The number of phenolic OH excluding ortho intramolecular Hbond substituents is 1. The number of aromatic nitrogens is 4. The molecule has 9 rings (SSSR count). The van der Waals surface area contributed by atoms with E-state index in [1.54, 1.807) is 12.3 Å². The second-order valence-electron chi connectivity index (χ2n) is 12.1. The van der Waals surface area contributed by atoms with E-state index in [1.165, 1.54) is 0 Å². The van der Waals surface area contributed by atoms with E-state index >= 15 is 0 Å². The van der Waals surface area contributed by atoms with Crippen LogP contribution in [0.25, 0.3) is 72.7 Å². The fourth-order valence-corrected chi connectivity index (χ4v) is 7.00. The number of pyridine rings is 2. The van der Waals surface area contributed by atoms with Gasteiger partial charge in [-0.25, -0.2) is 9.97 Å². The van der Waals surface area contributed by atoms with Gasteiger partial charge in [0.15, 0.2) is 0 Å². The summed E-state index contributed by atoms with van der Waals surface area (Å²) in [5.41, 5.74) is 11.7. The molecule has 3 aromatic heterocycles. The summed E-state index contributed by atoms with van der Waals surface area (Å²) >= 11 is 0. The average Bonchev–Trinajstić information content (AvgIpc) is 3.60. The van der Waals surface area contributed by atoms with E-state index in [4.69, 9.17) is 9.97 Å². The summed E-state index contributed by atoms with van der Waals surface area (Å²) in [5.74, 6) is 1.04. The summed E-state index contributed by atoms with van der Waals surface area (Å²) in [5, 5.41) is 12.9. The van der Waals surface area contributed by atoms with E-state index in [9.17, 15) is 5.11 Å². The fourth-order valence-electron chi connectivity index (χ4n) is 7.00. The van der Waals surface area contributed by atoms with E-state index in [0.717, 1.165) is 96.7 Å². The zero-order chi connectivity index (χ0) is 32.0. The maximum Gasteiger partial charge on any atom is 0.125 e. The Morgan fingerprint density at radius 1 is 0.612 bits per heavy atom. The van der Waals surface area contributed by atoms with Crippen molar-refractivity contribution >= 4 is 10.8 Å². The van der Waals surface area contributed by atoms with Gasteiger partial charge < -0.3 is 9.67 Å². The second kappa shape index (κ2) is 12.8. The molecule has 238 valence electrons. The van der Waals surface area contributed by atoms with Crippen LogP contribution in [0.3, 0.4) is 0 Å². The number of aromatic hydroxyl groups is 1. The number of fused-ring (bicyclic) bond motifs is 4. The zero-order valence-corrected chi connectivity index (χ0v) is 28.6. The number of nitrogens with zero attached hydrogens (tertiary/aromatic N) is 4. The van der Waals surface area contributed by atoms with Crippen molar-refractivity contribution < 1.29 is 26.2 Å². The van der Waals surface area contributed by atoms with Gasteiger partial charge in [0.25, 0.3) is 0 Å². The van der Waals surface area contributed by atoms with Crippen LogP contribution >= 0.6 is 0 Å². The zero-order valence-electron chi connectivity index (χ0n) is 26.3. The van der Waals surface area contributed by atoms with Crippen molar-refractivity contribution in [3.05, 3.63) is 163 Å². The summed E-state index contributed by atoms with van der Waals surface area (Å²) in [7, 11) is 0. The average molecular weight is 813 g/mol. The van der Waals surface area contributed by atoms with Crippen LogP contribution in [0.15, 0.2) is 146 Å². The molecule has 0 atom stereocenters. The summed E-state index contributed by atoms with van der Waals surface area (Å²) in [6.45, 7) is 0. The predicted octanol–water partition coefficient (Wildman–Crippen LogP) is 9.75. The first-order valence-corrected chi connectivity index (χ1v) is 16.1. The summed E-state index contributed by atoms with van der Waals surface area (Å²) in [6, 6.07) is 47.0. The molecule has 1 aliphatic rings. The molecule has 0 saturated heterocycles. The van der Waals surface area contributed by atoms with Crippen LogP contribution in [0.5, 0.6) is 5.75 Å². The topological polar surface area (TPSA) is 63.8 Å². The van der Waals surface area contributed by atoms with Crippen LogP contribution in [-0.2, 0) is 33.9 Å². The SMILES string of the molecule is Oc1cccc2c1-c1nc(-c3cn(-c4c(-c5ccccc5)cccc4-c4ccccc4)c(-c4cccc5cnc[c-]c45)n3)ccc1CC2.[Pt]. The van der Waals surface area contributed by atoms with Crippen LogP contribution in [0.4, 0.5) is 0 Å². The first kappa shape index (κ1) is 30.7. The van der Waals surface area contributed by atoms with Crippen molar-refractivity contribution in [2.45, 2.75) is 12.8 Å². The molecule has 0 amide bonds. The summed E-state index contributed by atoms with van der Waals surface area (Å²) in [4.78, 5) is 14.9. The van der Waals surface area contributed by atoms with Gasteiger partial charge in [-0.3, -0.25) is 4.98 Å². The number of hydrogen-bond acceptors (Lipinski definition) is 4. The van der Waals surface area contributed by atoms with E-state index in [0.29, 0.717) is 0 Å². The van der Waals surface area contributed by atoms with Crippen molar-refractivity contribution in [1.82, 2.24) is 19.5 Å². The number of rotatable bonds is 5. The third kappa shape index (κ3) is 5.37. The Labute approximate surface area is 298 Å². The second-order valence-corrected chi connectivity index (χ2v) is 12.1. The molecule has 5 aromatic carbocycles. The smallest absolute Gasteiger partial charge is 0.125 e. The van der Waals surface area contributed by atoms with Gasteiger partial charge in [0, 0.05) is 44.0 Å². The maximum absolute atomic E-state index is 10.9. The Morgan fingerprint density at radius 2 is 1.29 bits per heavy atom. The number of para-hydroxylation sites is 1. The molecule has 0 aliphatic heterocycles. The monoisotopic (exact) mass is 812 g/mol. The first-order chi connectivity index (χ1) is 23.7. The van der Waals surface area contributed by atoms with E-state index < -0.39 is 0 Å². The minimum Gasteiger partial charge on any atom is -0.507 e. The van der Waals surface area contributed by atoms with Gasteiger partial charge >= 0.3 is 0 Å². The minimum absolute atomic E-state index is 0. The Morgan fingerprint density at radius 3 is 2.04 bits per heavy atom. The minimum atomic E-state index is 0. The van der Waals surface area contributed by atoms with Crippen molar-refractivity contribution in [2.24, 2.45) is 0 Å². The Balaban J connectivity index is 0.00000348. The normalized spacial score (nSPS) is 11.8. The fraction of sp³-hybridized carbons (Fsp3) is 0.0465. The largest absolute Gasteiger partial charge is 0.507 e. The van der Waals surface area contributed by atoms with Gasteiger partial charge in [0.1, 0.15) is 11.4 Å². The van der Waals surface area contributed by atoms with E-state index in [2.05, 4.69) is 119 Å². The summed E-state index contributed by atoms with van der Waals surface area (Å²) in [6.07, 6.45) is 7.44. The molecule has 3 heterocycles. The number of imidazole rings is 1. The molecule has 6 heteroatoms. The maximum atomic E-state index is 10.9. The number of aryl methyl sites for hydroxylation is 2. The van der Waals surface area contributed by atoms with Crippen molar-refractivity contribution in [2.75, 3.05) is 0 Å². The molecule has 0 fully saturated rings. The molecular weight excluding hydrogens is 784 g/mol. The van der Waals surface area contributed by atoms with Crippen molar-refractivity contribution in [1.29, 1.82) is 0 Å². The Kier molecular flexibility index (Phi) is 7.99. The van der Waals surface area contributed by atoms with Crippen LogP contribution in [0.2, 0.25) is 0 Å². The predicted molar refractivity (Wildman–Crippen MR) is 192 cm³/mol. The van der Waals surface area contributed by atoms with Crippen molar-refractivity contribution in [3.63, 3.8) is 0 Å². The number of phenols is 1. The molecule has 49 heavy (non-hydrogen) atoms. The summed E-state index contributed by atoms with van der Waals surface area (Å²) < 4.78 is 2.22. The quantitative estimate of drug-likeness (QED) is 0.176. The molecule has 1 aliphatic carbocycles. The van der Waals surface area contributed by atoms with Gasteiger partial charge in [-0.05, 0) is 59.6 Å². The van der Waals surface area contributed by atoms with Crippen LogP contribution < -0.4 is 0 Å². The molecule has 1 N–H and O–H groups in total. The van der Waals surface area contributed by atoms with Gasteiger partial charge in [0.2, 0.25) is 0 Å². The Bertz CT molecular complexity index is 2410. The molecule has 0 radical (unpaired) electrons. The van der Waals surface area contributed by atoms with Crippen LogP contribution in [0.1, 0.15) is 11.1 Å². The molecular formula is C43H29N4OPt-. The first-order valence-electron chi connectivity index (χ1n) is 16.1. The number of benzene rings is 5. The molecule has 0 saturated carbocycles. The van der Waals surface area contributed by atoms with Gasteiger partial charge in [-0.15, -0.1) is 17.5 Å². The van der Waals surface area contributed by atoms with E-state index in [-0.39, 0.29) is 26.8 Å². The van der Waals surface area contributed by atoms with Gasteiger partial charge in [0.05, 0.1) is 22.9 Å². The molecule has 0 spiro atoms. The molecule has 8 aromatic rings. The van der Waals surface area contributed by atoms with Gasteiger partial charge in [-0.1, -0.05) is 109 Å². The van der Waals surface area contributed by atoms with E-state index in [1.807, 2.05) is 30.5 Å². The third-order valence-electron chi connectivity index (χ3n) is 9.26. The Hall–Kier alpha value is -5.64. The van der Waals surface area contributed by atoms with Crippen LogP contribution in [0, 0.1) is 6.07 Å².